The van der Waals surface area contributed by atoms with Crippen molar-refractivity contribution in [2.24, 2.45) is 5.92 Å². The monoisotopic (exact) mass is 512 g/mol. The number of ether oxygens (including phenoxy) is 1. The van der Waals surface area contributed by atoms with Gasteiger partial charge in [-0.15, -0.1) is 0 Å². The number of methoxy groups -OCH3 is 1. The Balaban J connectivity index is 1.33. The number of hydrogen-bond donors (Lipinski definition) is 0. The van der Waals surface area contributed by atoms with Crippen LogP contribution in [0.15, 0.2) is 16.5 Å². The summed E-state index contributed by atoms with van der Waals surface area (Å²) < 4.78 is 51.4. The molecule has 5 rings (SSSR count). The highest BCUT2D eigenvalue weighted by Gasteiger charge is 2.43. The van der Waals surface area contributed by atoms with Crippen LogP contribution in [0.4, 0.5) is 13.2 Å². The zero-order chi connectivity index (χ0) is 25.1. The smallest absolute Gasteiger partial charge is 0.420 e. The molecule has 188 valence electrons. The molecule has 0 radical (unpaired) electrons. The van der Waals surface area contributed by atoms with Crippen molar-refractivity contribution in [2.45, 2.75) is 50.2 Å². The Morgan fingerprint density at radius 3 is 2.29 bits per heavy atom. The number of esters is 1. The summed E-state index contributed by atoms with van der Waals surface area (Å²) in [6, 6.07) is 2.10. The molecule has 1 saturated carbocycles. The van der Waals surface area contributed by atoms with Gasteiger partial charge in [-0.3, -0.25) is 9.59 Å². The molecular weight excluding hydrogens is 489 g/mol. The number of piperidine rings is 1. The molecule has 2 aromatic rings. The van der Waals surface area contributed by atoms with Gasteiger partial charge in [0.1, 0.15) is 11.6 Å². The quantitative estimate of drug-likeness (QED) is 0.559. The molecule has 3 heterocycles. The number of nitrogens with zero attached hydrogens (tertiary/aromatic N) is 2. The molecule has 1 aromatic heterocycles. The number of carbonyl (C=O) groups is 3. The molecule has 3 fully saturated rings. The first kappa shape index (κ1) is 24.0. The highest BCUT2D eigenvalue weighted by atomic mass is 35.5. The zero-order valence-corrected chi connectivity index (χ0v) is 19.7. The number of halogens is 4. The predicted octanol–water partition coefficient (Wildman–Crippen LogP) is 4.61. The number of likely N-dealkylation sites (tertiary alicyclic amines) is 2. The first-order chi connectivity index (χ1) is 16.6. The molecule has 2 aliphatic heterocycles. The number of amides is 2. The number of hydrogen-bond acceptors (Lipinski definition) is 5. The van der Waals surface area contributed by atoms with E-state index in [1.54, 1.807) is 6.07 Å². The van der Waals surface area contributed by atoms with Crippen LogP contribution in [0.3, 0.4) is 0 Å². The minimum atomic E-state index is -4.65. The standard InChI is InChI=1S/C24H24ClF3N2O5/c1-34-23(33)17-6-9-30(17)21(31)13-4-7-29(8-5-13)22(32)20-18(25)15-10-14(12-2-3-12)11-16(19(15)35-20)24(26,27)28/h10-13,17H,2-9H2,1H3. The lowest BCUT2D eigenvalue weighted by atomic mass is 9.91. The molecule has 3 aliphatic rings. The topological polar surface area (TPSA) is 80.1 Å². The molecule has 7 nitrogen and oxygen atoms in total. The maximum Gasteiger partial charge on any atom is 0.420 e. The lowest BCUT2D eigenvalue weighted by Crippen LogP contribution is -2.58. The number of benzene rings is 1. The first-order valence-electron chi connectivity index (χ1n) is 11.6. The summed E-state index contributed by atoms with van der Waals surface area (Å²) in [4.78, 5) is 40.7. The summed E-state index contributed by atoms with van der Waals surface area (Å²) in [5.74, 6) is -1.81. The van der Waals surface area contributed by atoms with Crippen molar-refractivity contribution in [1.82, 2.24) is 9.80 Å². The van der Waals surface area contributed by atoms with E-state index in [9.17, 15) is 27.6 Å². The lowest BCUT2D eigenvalue weighted by Gasteiger charge is -2.42. The summed E-state index contributed by atoms with van der Waals surface area (Å²) in [6.45, 7) is 0.925. The number of carbonyl (C=O) groups excluding carboxylic acids is 3. The van der Waals surface area contributed by atoms with Gasteiger partial charge >= 0.3 is 12.1 Å². The first-order valence-corrected chi connectivity index (χ1v) is 12.0. The van der Waals surface area contributed by atoms with Gasteiger partial charge in [-0.25, -0.2) is 4.79 Å². The Kier molecular flexibility index (Phi) is 5.97. The molecule has 2 saturated heterocycles. The van der Waals surface area contributed by atoms with E-state index in [4.69, 9.17) is 20.8 Å². The van der Waals surface area contributed by atoms with E-state index in [0.717, 1.165) is 18.9 Å². The van der Waals surface area contributed by atoms with Crippen LogP contribution in [0, 0.1) is 5.92 Å². The summed E-state index contributed by atoms with van der Waals surface area (Å²) in [5.41, 5.74) is -0.828. The number of alkyl halides is 3. The minimum Gasteiger partial charge on any atom is -0.467 e. The third kappa shape index (κ3) is 4.26. The Morgan fingerprint density at radius 2 is 1.74 bits per heavy atom. The zero-order valence-electron chi connectivity index (χ0n) is 19.0. The van der Waals surface area contributed by atoms with Crippen molar-refractivity contribution in [3.63, 3.8) is 0 Å². The fourth-order valence-corrected chi connectivity index (χ4v) is 5.19. The fourth-order valence-electron chi connectivity index (χ4n) is 4.93. The van der Waals surface area contributed by atoms with E-state index in [1.165, 1.54) is 16.9 Å². The van der Waals surface area contributed by atoms with Crippen molar-refractivity contribution >= 4 is 40.4 Å². The van der Waals surface area contributed by atoms with Gasteiger partial charge in [0, 0.05) is 30.9 Å². The molecular formula is C24H24ClF3N2O5. The second-order valence-corrected chi connectivity index (χ2v) is 9.77. The van der Waals surface area contributed by atoms with Crippen LogP contribution in [0.2, 0.25) is 5.02 Å². The highest BCUT2D eigenvalue weighted by Crippen LogP contribution is 2.47. The third-order valence-electron chi connectivity index (χ3n) is 7.21. The van der Waals surface area contributed by atoms with Crippen molar-refractivity contribution in [3.8, 4) is 0 Å². The van der Waals surface area contributed by atoms with E-state index in [-0.39, 0.29) is 47.0 Å². The highest BCUT2D eigenvalue weighted by molar-refractivity contribution is 6.38. The molecule has 35 heavy (non-hydrogen) atoms. The van der Waals surface area contributed by atoms with E-state index < -0.39 is 35.2 Å². The SMILES string of the molecule is COC(=O)C1CCN1C(=O)C1CCN(C(=O)c2oc3c(C(F)(F)F)cc(C4CC4)cc3c2Cl)CC1. The van der Waals surface area contributed by atoms with Crippen LogP contribution in [0.5, 0.6) is 0 Å². The maximum absolute atomic E-state index is 13.7. The summed E-state index contributed by atoms with van der Waals surface area (Å²) >= 11 is 6.38. The second-order valence-electron chi connectivity index (χ2n) is 9.39. The van der Waals surface area contributed by atoms with Gasteiger partial charge in [-0.1, -0.05) is 11.6 Å². The molecule has 0 spiro atoms. The van der Waals surface area contributed by atoms with Crippen molar-refractivity contribution in [1.29, 1.82) is 0 Å². The second kappa shape index (κ2) is 8.72. The third-order valence-corrected chi connectivity index (χ3v) is 7.58. The van der Waals surface area contributed by atoms with Crippen molar-refractivity contribution in [3.05, 3.63) is 34.0 Å². The largest absolute Gasteiger partial charge is 0.467 e. The van der Waals surface area contributed by atoms with Gasteiger partial charge in [0.05, 0.1) is 17.7 Å². The average molecular weight is 513 g/mol. The van der Waals surface area contributed by atoms with Crippen molar-refractivity contribution in [2.75, 3.05) is 26.7 Å². The van der Waals surface area contributed by atoms with Gasteiger partial charge in [-0.05, 0) is 55.7 Å². The predicted molar refractivity (Wildman–Crippen MR) is 119 cm³/mol. The molecule has 1 unspecified atom stereocenters. The van der Waals surface area contributed by atoms with E-state index in [0.29, 0.717) is 31.4 Å². The fraction of sp³-hybridized carbons (Fsp3) is 0.542. The van der Waals surface area contributed by atoms with Gasteiger partial charge in [-0.2, -0.15) is 13.2 Å². The Labute approximate surface area is 204 Å². The number of furan rings is 1. The van der Waals surface area contributed by atoms with Gasteiger partial charge in [0.2, 0.25) is 11.7 Å². The molecule has 0 bridgehead atoms. The van der Waals surface area contributed by atoms with Crippen LogP contribution < -0.4 is 0 Å². The maximum atomic E-state index is 13.7. The molecule has 11 heteroatoms. The van der Waals surface area contributed by atoms with Crippen LogP contribution in [0.1, 0.15) is 59.7 Å². The minimum absolute atomic E-state index is 0.0624. The van der Waals surface area contributed by atoms with Gasteiger partial charge in [0.25, 0.3) is 5.91 Å². The van der Waals surface area contributed by atoms with Crippen LogP contribution in [-0.4, -0.2) is 60.4 Å². The van der Waals surface area contributed by atoms with Crippen molar-refractivity contribution < 1.29 is 36.7 Å². The normalized spacial score (nSPS) is 21.2. The number of rotatable bonds is 4. The Morgan fingerprint density at radius 1 is 1.06 bits per heavy atom. The lowest BCUT2D eigenvalue weighted by molar-refractivity contribution is -0.162. The average Bonchev–Trinajstić information content (AvgIpc) is 3.60. The van der Waals surface area contributed by atoms with E-state index in [2.05, 4.69) is 0 Å². The van der Waals surface area contributed by atoms with E-state index >= 15 is 0 Å². The summed E-state index contributed by atoms with van der Waals surface area (Å²) in [7, 11) is 1.28. The molecule has 0 N–H and O–H groups in total. The Bertz CT molecular complexity index is 1200. The van der Waals surface area contributed by atoms with E-state index in [1.807, 2.05) is 0 Å². The molecule has 1 aliphatic carbocycles. The van der Waals surface area contributed by atoms with Crippen LogP contribution in [0.25, 0.3) is 11.0 Å². The summed E-state index contributed by atoms with van der Waals surface area (Å²) in [5, 5.41) is -0.0406. The molecule has 1 atom stereocenters. The molecule has 1 aromatic carbocycles. The van der Waals surface area contributed by atoms with Crippen LogP contribution >= 0.6 is 11.6 Å². The van der Waals surface area contributed by atoms with Crippen LogP contribution in [-0.2, 0) is 20.5 Å². The number of fused-ring (bicyclic) bond motifs is 1. The Hall–Kier alpha value is -2.75. The van der Waals surface area contributed by atoms with Gasteiger partial charge < -0.3 is 19.0 Å². The van der Waals surface area contributed by atoms with Gasteiger partial charge in [0.15, 0.2) is 0 Å². The summed E-state index contributed by atoms with van der Waals surface area (Å²) in [6.07, 6.45) is -1.73. The molecule has 2 amide bonds.